The smallest absolute Gasteiger partial charge is 0.222 e. The van der Waals surface area contributed by atoms with Crippen molar-refractivity contribution in [2.45, 2.75) is 37.8 Å². The fraction of sp³-hybridized carbons (Fsp3) is 0.875. The predicted molar refractivity (Wildman–Crippen MR) is 41.9 cm³/mol. The molecule has 0 spiro atoms. The van der Waals surface area contributed by atoms with Gasteiger partial charge in [0.2, 0.25) is 5.91 Å². The maximum absolute atomic E-state index is 11.3. The molecule has 1 amide bonds. The monoisotopic (exact) mass is 154 g/mol. The molecule has 0 aliphatic carbocycles. The molecule has 0 aromatic carbocycles. The molecule has 3 heteroatoms. The maximum atomic E-state index is 11.3. The van der Waals surface area contributed by atoms with Crippen molar-refractivity contribution in [3.63, 3.8) is 0 Å². The number of amides is 1. The molecule has 11 heavy (non-hydrogen) atoms. The van der Waals surface area contributed by atoms with Crippen LogP contribution in [0.3, 0.4) is 0 Å². The fourth-order valence-electron chi connectivity index (χ4n) is 2.17. The molecule has 2 atom stereocenters. The van der Waals surface area contributed by atoms with E-state index >= 15 is 0 Å². The molecule has 62 valence electrons. The zero-order chi connectivity index (χ0) is 7.84. The van der Waals surface area contributed by atoms with Crippen molar-refractivity contribution in [2.24, 2.45) is 5.73 Å². The van der Waals surface area contributed by atoms with Crippen LogP contribution in [0.15, 0.2) is 0 Å². The van der Waals surface area contributed by atoms with E-state index in [0.717, 1.165) is 25.8 Å². The number of hydrogen-bond donors (Lipinski definition) is 1. The van der Waals surface area contributed by atoms with E-state index in [1.54, 1.807) is 0 Å². The van der Waals surface area contributed by atoms with Crippen molar-refractivity contribution in [3.8, 4) is 0 Å². The first kappa shape index (κ1) is 7.10. The second-order valence-corrected chi connectivity index (χ2v) is 3.50. The highest BCUT2D eigenvalue weighted by Crippen LogP contribution is 2.26. The number of hydrogen-bond acceptors (Lipinski definition) is 2. The molecule has 0 aromatic heterocycles. The first-order valence-electron chi connectivity index (χ1n) is 4.34. The highest BCUT2D eigenvalue weighted by molar-refractivity contribution is 5.77. The van der Waals surface area contributed by atoms with Crippen molar-refractivity contribution in [2.75, 3.05) is 6.54 Å². The molecule has 3 nitrogen and oxygen atoms in total. The van der Waals surface area contributed by atoms with E-state index in [4.69, 9.17) is 5.73 Å². The lowest BCUT2D eigenvalue weighted by Crippen LogP contribution is -2.51. The third-order valence-corrected chi connectivity index (χ3v) is 2.81. The van der Waals surface area contributed by atoms with Crippen LogP contribution in [0.1, 0.15) is 25.7 Å². The van der Waals surface area contributed by atoms with Crippen LogP contribution in [0, 0.1) is 0 Å². The number of nitrogens with zero attached hydrogens (tertiary/aromatic N) is 1. The normalized spacial score (nSPS) is 37.5. The molecular weight excluding hydrogens is 140 g/mol. The molecule has 2 N–H and O–H groups in total. The van der Waals surface area contributed by atoms with Gasteiger partial charge in [0.15, 0.2) is 0 Å². The van der Waals surface area contributed by atoms with E-state index in [9.17, 15) is 4.79 Å². The Morgan fingerprint density at radius 3 is 3.00 bits per heavy atom. The first-order chi connectivity index (χ1) is 5.29. The zero-order valence-corrected chi connectivity index (χ0v) is 6.62. The number of fused-ring (bicyclic) bond motifs is 1. The van der Waals surface area contributed by atoms with Crippen LogP contribution in [0.5, 0.6) is 0 Å². The Hall–Kier alpha value is -0.570. The summed E-state index contributed by atoms with van der Waals surface area (Å²) in [6.45, 7) is 0.942. The second-order valence-electron chi connectivity index (χ2n) is 3.50. The second kappa shape index (κ2) is 2.48. The van der Waals surface area contributed by atoms with Crippen molar-refractivity contribution >= 4 is 5.91 Å². The van der Waals surface area contributed by atoms with E-state index < -0.39 is 0 Å². The Kier molecular flexibility index (Phi) is 1.60. The SMILES string of the molecule is N[C@H]1CCC(=O)N2CCC[C@@H]12. The lowest BCUT2D eigenvalue weighted by Gasteiger charge is -2.34. The van der Waals surface area contributed by atoms with Gasteiger partial charge in [-0.1, -0.05) is 0 Å². The van der Waals surface area contributed by atoms with Crippen molar-refractivity contribution in [3.05, 3.63) is 0 Å². The van der Waals surface area contributed by atoms with Crippen LogP contribution in [0.2, 0.25) is 0 Å². The van der Waals surface area contributed by atoms with Gasteiger partial charge >= 0.3 is 0 Å². The minimum atomic E-state index is 0.246. The van der Waals surface area contributed by atoms with Gasteiger partial charge < -0.3 is 10.6 Å². The molecule has 0 aromatic rings. The molecule has 2 rings (SSSR count). The molecule has 0 bridgehead atoms. The van der Waals surface area contributed by atoms with Crippen molar-refractivity contribution < 1.29 is 4.79 Å². The zero-order valence-electron chi connectivity index (χ0n) is 6.62. The summed E-state index contributed by atoms with van der Waals surface area (Å²) in [4.78, 5) is 13.3. The van der Waals surface area contributed by atoms with Gasteiger partial charge in [0.1, 0.15) is 0 Å². The van der Waals surface area contributed by atoms with Gasteiger partial charge in [-0.15, -0.1) is 0 Å². The van der Waals surface area contributed by atoms with Gasteiger partial charge in [-0.05, 0) is 19.3 Å². The summed E-state index contributed by atoms with van der Waals surface area (Å²) in [5.74, 6) is 0.314. The van der Waals surface area contributed by atoms with Gasteiger partial charge in [0.05, 0.1) is 0 Å². The van der Waals surface area contributed by atoms with Gasteiger partial charge in [-0.2, -0.15) is 0 Å². The lowest BCUT2D eigenvalue weighted by molar-refractivity contribution is -0.135. The van der Waals surface area contributed by atoms with Crippen LogP contribution >= 0.6 is 0 Å². The van der Waals surface area contributed by atoms with E-state index in [-0.39, 0.29) is 6.04 Å². The number of nitrogens with two attached hydrogens (primary N) is 1. The largest absolute Gasteiger partial charge is 0.338 e. The molecule has 2 saturated heterocycles. The van der Waals surface area contributed by atoms with E-state index in [0.29, 0.717) is 18.4 Å². The number of carbonyl (C=O) groups excluding carboxylic acids is 1. The Labute approximate surface area is 66.5 Å². The average Bonchev–Trinajstić information content (AvgIpc) is 2.45. The Morgan fingerprint density at radius 2 is 2.27 bits per heavy atom. The molecule has 2 fully saturated rings. The lowest BCUT2D eigenvalue weighted by atomic mass is 9.97. The van der Waals surface area contributed by atoms with Gasteiger partial charge in [-0.25, -0.2) is 0 Å². The van der Waals surface area contributed by atoms with Crippen LogP contribution < -0.4 is 5.73 Å². The van der Waals surface area contributed by atoms with Crippen LogP contribution in [-0.2, 0) is 4.79 Å². The van der Waals surface area contributed by atoms with Gasteiger partial charge in [-0.3, -0.25) is 4.79 Å². The Morgan fingerprint density at radius 1 is 1.45 bits per heavy atom. The molecule has 0 unspecified atom stereocenters. The molecule has 2 heterocycles. The minimum Gasteiger partial charge on any atom is -0.338 e. The summed E-state index contributed by atoms with van der Waals surface area (Å²) in [6.07, 6.45) is 3.81. The molecule has 2 aliphatic rings. The summed E-state index contributed by atoms with van der Waals surface area (Å²) in [5, 5.41) is 0. The summed E-state index contributed by atoms with van der Waals surface area (Å²) >= 11 is 0. The topological polar surface area (TPSA) is 46.3 Å². The quantitative estimate of drug-likeness (QED) is 0.538. The standard InChI is InChI=1S/C8H14N2O/c9-6-3-4-8(11)10-5-1-2-7(6)10/h6-7H,1-5,9H2/t6-,7-/m0/s1. The third kappa shape index (κ3) is 1.03. The summed E-state index contributed by atoms with van der Waals surface area (Å²) in [5.41, 5.74) is 5.89. The van der Waals surface area contributed by atoms with Crippen LogP contribution in [0.25, 0.3) is 0 Å². The van der Waals surface area contributed by atoms with Crippen molar-refractivity contribution in [1.29, 1.82) is 0 Å². The highest BCUT2D eigenvalue weighted by atomic mass is 16.2. The van der Waals surface area contributed by atoms with Crippen LogP contribution in [-0.4, -0.2) is 29.4 Å². The number of carbonyl (C=O) groups is 1. The maximum Gasteiger partial charge on any atom is 0.222 e. The molecule has 0 radical (unpaired) electrons. The van der Waals surface area contributed by atoms with Crippen molar-refractivity contribution in [1.82, 2.24) is 4.90 Å². The van der Waals surface area contributed by atoms with Gasteiger partial charge in [0.25, 0.3) is 0 Å². The number of piperidine rings is 1. The summed E-state index contributed by atoms with van der Waals surface area (Å²) in [7, 11) is 0. The van der Waals surface area contributed by atoms with E-state index in [2.05, 4.69) is 0 Å². The summed E-state index contributed by atoms with van der Waals surface area (Å²) < 4.78 is 0. The Bertz CT molecular complexity index is 181. The molecular formula is C8H14N2O. The molecule has 2 aliphatic heterocycles. The summed E-state index contributed by atoms with van der Waals surface area (Å²) in [6, 6.07) is 0.617. The minimum absolute atomic E-state index is 0.246. The molecule has 0 saturated carbocycles. The Balaban J connectivity index is 2.14. The third-order valence-electron chi connectivity index (χ3n) is 2.81. The van der Waals surface area contributed by atoms with E-state index in [1.807, 2.05) is 4.90 Å². The highest BCUT2D eigenvalue weighted by Gasteiger charge is 2.36. The number of rotatable bonds is 0. The average molecular weight is 154 g/mol. The predicted octanol–water partition coefficient (Wildman–Crippen LogP) is 0.0985. The first-order valence-corrected chi connectivity index (χ1v) is 4.34. The van der Waals surface area contributed by atoms with Crippen LogP contribution in [0.4, 0.5) is 0 Å². The van der Waals surface area contributed by atoms with E-state index in [1.165, 1.54) is 0 Å². The van der Waals surface area contributed by atoms with Gasteiger partial charge in [0, 0.05) is 25.0 Å². The fourth-order valence-corrected chi connectivity index (χ4v) is 2.17.